The molecule has 12 nitrogen and oxygen atoms in total. The van der Waals surface area contributed by atoms with Crippen LogP contribution in [0.1, 0.15) is 78.1 Å². The Hall–Kier alpha value is -3.81. The SMILES string of the molecule is CN(C)C(=O)c1cc2n(n1)CCCN(c1nc(OC[C@@]34CCCN3CC(F)C4)nc3c1COC1(COC(C)(C)c4ccc(N)cc41)C3)C2. The summed E-state index contributed by atoms with van der Waals surface area (Å²) >= 11 is 0. The summed E-state index contributed by atoms with van der Waals surface area (Å²) < 4.78 is 36.3. The first-order valence-corrected chi connectivity index (χ1v) is 17.1. The number of carbonyl (C=O) groups is 1. The molecule has 8 rings (SSSR count). The van der Waals surface area contributed by atoms with Gasteiger partial charge in [0, 0.05) is 57.8 Å². The number of nitrogens with two attached hydrogens (primary N) is 1. The maximum Gasteiger partial charge on any atom is 0.318 e. The average molecular weight is 661 g/mol. The Morgan fingerprint density at radius 2 is 1.98 bits per heavy atom. The van der Waals surface area contributed by atoms with Crippen molar-refractivity contribution in [3.63, 3.8) is 0 Å². The van der Waals surface area contributed by atoms with E-state index in [-0.39, 0.29) is 24.1 Å². The summed E-state index contributed by atoms with van der Waals surface area (Å²) in [5.74, 6) is 0.623. The highest BCUT2D eigenvalue weighted by Crippen LogP contribution is 2.48. The topological polar surface area (TPSA) is 124 Å². The van der Waals surface area contributed by atoms with Crippen LogP contribution in [0, 0.1) is 0 Å². The zero-order chi connectivity index (χ0) is 33.4. The first kappa shape index (κ1) is 31.5. The predicted molar refractivity (Wildman–Crippen MR) is 176 cm³/mol. The number of nitrogen functional groups attached to an aromatic ring is 1. The minimum Gasteiger partial charge on any atom is -0.461 e. The fourth-order valence-electron chi connectivity index (χ4n) is 8.45. The van der Waals surface area contributed by atoms with Gasteiger partial charge in [-0.15, -0.1) is 0 Å². The zero-order valence-corrected chi connectivity index (χ0v) is 28.3. The zero-order valence-electron chi connectivity index (χ0n) is 28.3. The van der Waals surface area contributed by atoms with E-state index in [0.717, 1.165) is 66.2 Å². The number of benzene rings is 1. The minimum atomic E-state index is -0.847. The number of carbonyl (C=O) groups excluding carboxylic acids is 1. The van der Waals surface area contributed by atoms with E-state index < -0.39 is 17.4 Å². The van der Waals surface area contributed by atoms with E-state index in [9.17, 15) is 9.18 Å². The Bertz CT molecular complexity index is 1760. The number of rotatable bonds is 5. The van der Waals surface area contributed by atoms with E-state index in [0.29, 0.717) is 57.1 Å². The Kier molecular flexibility index (Phi) is 7.46. The van der Waals surface area contributed by atoms with Crippen molar-refractivity contribution in [2.75, 3.05) is 57.6 Å². The Morgan fingerprint density at radius 3 is 2.81 bits per heavy atom. The summed E-state index contributed by atoms with van der Waals surface area (Å²) in [7, 11) is 3.46. The molecule has 0 aliphatic carbocycles. The molecule has 256 valence electrons. The molecule has 7 heterocycles. The van der Waals surface area contributed by atoms with Crippen molar-refractivity contribution in [1.29, 1.82) is 0 Å². The molecule has 0 saturated carbocycles. The van der Waals surface area contributed by atoms with Gasteiger partial charge in [-0.1, -0.05) is 6.07 Å². The van der Waals surface area contributed by atoms with Crippen LogP contribution in [-0.4, -0.2) is 94.1 Å². The van der Waals surface area contributed by atoms with Crippen LogP contribution in [0.2, 0.25) is 0 Å². The number of hydrogen-bond donors (Lipinski definition) is 1. The summed E-state index contributed by atoms with van der Waals surface area (Å²) in [4.78, 5) is 28.8. The van der Waals surface area contributed by atoms with E-state index in [1.165, 1.54) is 0 Å². The second-order valence-corrected chi connectivity index (χ2v) is 14.9. The van der Waals surface area contributed by atoms with Gasteiger partial charge >= 0.3 is 6.01 Å². The molecule has 1 aromatic carbocycles. The van der Waals surface area contributed by atoms with E-state index in [1.807, 2.05) is 28.9 Å². The van der Waals surface area contributed by atoms with Gasteiger partial charge in [0.1, 0.15) is 24.2 Å². The van der Waals surface area contributed by atoms with Crippen LogP contribution in [-0.2, 0) is 46.8 Å². The monoisotopic (exact) mass is 660 g/mol. The maximum atomic E-state index is 14.6. The molecule has 0 bridgehead atoms. The van der Waals surface area contributed by atoms with Gasteiger partial charge < -0.3 is 29.7 Å². The fourth-order valence-corrected chi connectivity index (χ4v) is 8.45. The maximum absolute atomic E-state index is 14.6. The lowest BCUT2D eigenvalue weighted by Crippen LogP contribution is -2.49. The number of hydrogen-bond acceptors (Lipinski definition) is 10. The molecule has 2 fully saturated rings. The summed E-state index contributed by atoms with van der Waals surface area (Å²) in [5, 5.41) is 4.63. The number of aromatic nitrogens is 4. The average Bonchev–Trinajstić information content (AvgIpc) is 3.68. The summed E-state index contributed by atoms with van der Waals surface area (Å²) in [6, 6.07) is 8.11. The molecule has 48 heavy (non-hydrogen) atoms. The highest BCUT2D eigenvalue weighted by atomic mass is 19.1. The largest absolute Gasteiger partial charge is 0.461 e. The second-order valence-electron chi connectivity index (χ2n) is 14.9. The van der Waals surface area contributed by atoms with Crippen molar-refractivity contribution in [2.24, 2.45) is 0 Å². The lowest BCUT2D eigenvalue weighted by molar-refractivity contribution is -0.174. The second kappa shape index (κ2) is 11.4. The normalized spacial score (nSPS) is 27.6. The first-order chi connectivity index (χ1) is 23.0. The third-order valence-electron chi connectivity index (χ3n) is 11.0. The molecule has 0 radical (unpaired) electrons. The fraction of sp³-hybridized carbons (Fsp3) is 0.600. The van der Waals surface area contributed by atoms with Gasteiger partial charge in [-0.05, 0) is 69.0 Å². The van der Waals surface area contributed by atoms with Crippen LogP contribution in [0.5, 0.6) is 6.01 Å². The van der Waals surface area contributed by atoms with E-state index in [2.05, 4.69) is 28.7 Å². The number of amides is 1. The molecule has 13 heteroatoms. The van der Waals surface area contributed by atoms with E-state index in [1.54, 1.807) is 19.0 Å². The van der Waals surface area contributed by atoms with Crippen molar-refractivity contribution in [1.82, 2.24) is 29.5 Å². The highest BCUT2D eigenvalue weighted by Gasteiger charge is 2.50. The number of alkyl halides is 1. The third kappa shape index (κ3) is 5.21. The van der Waals surface area contributed by atoms with Crippen molar-refractivity contribution < 1.29 is 23.4 Å². The molecular formula is C35H45FN8O4. The van der Waals surface area contributed by atoms with E-state index in [4.69, 9.17) is 29.9 Å². The van der Waals surface area contributed by atoms with Crippen LogP contribution in [0.3, 0.4) is 0 Å². The Labute approximate surface area is 280 Å². The summed E-state index contributed by atoms with van der Waals surface area (Å²) in [6.45, 7) is 8.38. The molecule has 2 N–H and O–H groups in total. The van der Waals surface area contributed by atoms with Crippen LogP contribution in [0.15, 0.2) is 24.3 Å². The molecule has 1 amide bonds. The number of nitrogens with zero attached hydrogens (tertiary/aromatic N) is 7. The third-order valence-corrected chi connectivity index (χ3v) is 11.0. The van der Waals surface area contributed by atoms with Crippen LogP contribution < -0.4 is 15.4 Å². The Balaban J connectivity index is 1.17. The summed E-state index contributed by atoms with van der Waals surface area (Å²) in [6.07, 6.45) is 2.83. The molecule has 2 aromatic heterocycles. The van der Waals surface area contributed by atoms with Gasteiger partial charge in [0.2, 0.25) is 0 Å². The van der Waals surface area contributed by atoms with E-state index >= 15 is 0 Å². The van der Waals surface area contributed by atoms with Crippen LogP contribution in [0.4, 0.5) is 15.9 Å². The van der Waals surface area contributed by atoms with Gasteiger partial charge in [0.15, 0.2) is 5.69 Å². The highest BCUT2D eigenvalue weighted by molar-refractivity contribution is 5.92. The molecule has 3 atom stereocenters. The summed E-state index contributed by atoms with van der Waals surface area (Å²) in [5.41, 5.74) is 10.6. The lowest BCUT2D eigenvalue weighted by atomic mass is 9.77. The first-order valence-electron chi connectivity index (χ1n) is 17.1. The lowest BCUT2D eigenvalue weighted by Gasteiger charge is -2.47. The number of anilines is 2. The quantitative estimate of drug-likeness (QED) is 0.407. The van der Waals surface area contributed by atoms with Crippen molar-refractivity contribution in [3.8, 4) is 6.01 Å². The van der Waals surface area contributed by atoms with Crippen molar-refractivity contribution in [2.45, 2.75) is 88.6 Å². The predicted octanol–water partition coefficient (Wildman–Crippen LogP) is 3.56. The number of halogens is 1. The minimum absolute atomic E-state index is 0.127. The standard InChI is InChI=1S/C35H45FN8O4/c1-33(2)26-8-7-23(37)13-27(26)35(21-48-33)16-29-25(19-47-35)30(39-32(38-29)46-20-34-9-5-11-43(34)17-22(36)15-34)42-10-6-12-44-24(18-42)14-28(40-44)31(45)41(3)4/h7-8,13-14,22H,5-6,9-12,15-21,37H2,1-4H3/t22?,34-,35?/m0/s1. The molecular weight excluding hydrogens is 615 g/mol. The molecule has 1 spiro atoms. The van der Waals surface area contributed by atoms with Crippen molar-refractivity contribution >= 4 is 17.4 Å². The number of ether oxygens (including phenoxy) is 3. The van der Waals surface area contributed by atoms with Crippen LogP contribution >= 0.6 is 0 Å². The van der Waals surface area contributed by atoms with Gasteiger partial charge in [0.25, 0.3) is 5.91 Å². The smallest absolute Gasteiger partial charge is 0.318 e. The van der Waals surface area contributed by atoms with Gasteiger partial charge in [-0.3, -0.25) is 14.4 Å². The number of fused-ring (bicyclic) bond motifs is 5. The van der Waals surface area contributed by atoms with Gasteiger partial charge in [-0.25, -0.2) is 4.39 Å². The molecule has 3 aromatic rings. The molecule has 2 unspecified atom stereocenters. The number of aryl methyl sites for hydroxylation is 1. The van der Waals surface area contributed by atoms with Gasteiger partial charge in [0.05, 0.1) is 42.3 Å². The Morgan fingerprint density at radius 1 is 1.12 bits per heavy atom. The molecule has 2 saturated heterocycles. The molecule has 5 aliphatic rings. The van der Waals surface area contributed by atoms with Crippen molar-refractivity contribution in [3.05, 3.63) is 58.0 Å². The van der Waals surface area contributed by atoms with Gasteiger partial charge in [-0.2, -0.15) is 15.1 Å². The van der Waals surface area contributed by atoms with Crippen LogP contribution in [0.25, 0.3) is 0 Å². The molecule has 5 aliphatic heterocycles.